The maximum Gasteiger partial charge on any atom is 0.234 e. The second-order valence-corrected chi connectivity index (χ2v) is 5.16. The van der Waals surface area contributed by atoms with Crippen molar-refractivity contribution in [2.45, 2.75) is 12.5 Å². The van der Waals surface area contributed by atoms with E-state index in [1.807, 2.05) is 30.3 Å². The maximum absolute atomic E-state index is 12.0. The maximum atomic E-state index is 12.0. The first-order chi connectivity index (χ1) is 9.78. The fourth-order valence-electron chi connectivity index (χ4n) is 2.41. The van der Waals surface area contributed by atoms with Crippen LogP contribution in [0.2, 0.25) is 0 Å². The molecule has 0 aliphatic carbocycles. The first-order valence-electron chi connectivity index (χ1n) is 7.15. The molecule has 1 aromatic carbocycles. The highest BCUT2D eigenvalue weighted by molar-refractivity contribution is 5.78. The number of carbonyl (C=O) groups is 1. The second-order valence-electron chi connectivity index (χ2n) is 5.16. The zero-order valence-electron chi connectivity index (χ0n) is 11.7. The highest BCUT2D eigenvalue weighted by Crippen LogP contribution is 2.03. The minimum Gasteiger partial charge on any atom is -0.394 e. The van der Waals surface area contributed by atoms with Crippen LogP contribution in [0.1, 0.15) is 5.56 Å². The molecular weight excluding hydrogens is 254 g/mol. The summed E-state index contributed by atoms with van der Waals surface area (Å²) in [6.45, 7) is 4.03. The molecule has 110 valence electrons. The van der Waals surface area contributed by atoms with Gasteiger partial charge in [-0.25, -0.2) is 0 Å². The average Bonchev–Trinajstić information content (AvgIpc) is 2.48. The Morgan fingerprint density at radius 3 is 2.65 bits per heavy atom. The van der Waals surface area contributed by atoms with Crippen molar-refractivity contribution in [2.24, 2.45) is 0 Å². The highest BCUT2D eigenvalue weighted by atomic mass is 16.3. The van der Waals surface area contributed by atoms with E-state index in [1.54, 1.807) is 0 Å². The molecule has 1 saturated heterocycles. The quantitative estimate of drug-likeness (QED) is 0.663. The van der Waals surface area contributed by atoms with Crippen LogP contribution in [-0.4, -0.2) is 61.3 Å². The van der Waals surface area contributed by atoms with Crippen LogP contribution < -0.4 is 10.6 Å². The van der Waals surface area contributed by atoms with E-state index in [4.69, 9.17) is 0 Å². The predicted octanol–water partition coefficient (Wildman–Crippen LogP) is -0.389. The standard InChI is InChI=1S/C15H23N3O2/c19-12-14(10-13-4-2-1-3-5-13)17-15(20)11-18-8-6-16-7-9-18/h1-5,14,16,19H,6-12H2,(H,17,20). The summed E-state index contributed by atoms with van der Waals surface area (Å²) < 4.78 is 0. The molecular formula is C15H23N3O2. The lowest BCUT2D eigenvalue weighted by Gasteiger charge is -2.27. The Bertz CT molecular complexity index is 405. The van der Waals surface area contributed by atoms with Crippen molar-refractivity contribution in [3.63, 3.8) is 0 Å². The molecule has 1 heterocycles. The summed E-state index contributed by atoms with van der Waals surface area (Å²) in [5.41, 5.74) is 1.12. The molecule has 0 bridgehead atoms. The van der Waals surface area contributed by atoms with Crippen molar-refractivity contribution in [2.75, 3.05) is 39.3 Å². The van der Waals surface area contributed by atoms with Crippen molar-refractivity contribution in [1.82, 2.24) is 15.5 Å². The van der Waals surface area contributed by atoms with Crippen molar-refractivity contribution in [3.05, 3.63) is 35.9 Å². The molecule has 0 aromatic heterocycles. The summed E-state index contributed by atoms with van der Waals surface area (Å²) in [6.07, 6.45) is 0.657. The van der Waals surface area contributed by atoms with Gasteiger partial charge < -0.3 is 15.7 Å². The smallest absolute Gasteiger partial charge is 0.234 e. The normalized spacial score (nSPS) is 17.6. The largest absolute Gasteiger partial charge is 0.394 e. The summed E-state index contributed by atoms with van der Waals surface area (Å²) in [6, 6.07) is 9.68. The number of amides is 1. The molecule has 2 rings (SSSR count). The number of rotatable bonds is 6. The minimum atomic E-state index is -0.215. The van der Waals surface area contributed by atoms with E-state index in [2.05, 4.69) is 15.5 Å². The van der Waals surface area contributed by atoms with Gasteiger partial charge in [0.1, 0.15) is 0 Å². The van der Waals surface area contributed by atoms with Crippen LogP contribution in [0.25, 0.3) is 0 Å². The Morgan fingerprint density at radius 2 is 2.00 bits per heavy atom. The molecule has 5 nitrogen and oxygen atoms in total. The van der Waals surface area contributed by atoms with E-state index in [1.165, 1.54) is 0 Å². The van der Waals surface area contributed by atoms with Crippen molar-refractivity contribution < 1.29 is 9.90 Å². The number of aliphatic hydroxyl groups excluding tert-OH is 1. The number of hydrogen-bond donors (Lipinski definition) is 3. The van der Waals surface area contributed by atoms with Crippen molar-refractivity contribution >= 4 is 5.91 Å². The molecule has 3 N–H and O–H groups in total. The molecule has 0 spiro atoms. The minimum absolute atomic E-state index is 0.0121. The molecule has 1 aromatic rings. The molecule has 1 aliphatic heterocycles. The summed E-state index contributed by atoms with van der Waals surface area (Å²) in [7, 11) is 0. The molecule has 20 heavy (non-hydrogen) atoms. The van der Waals surface area contributed by atoms with Gasteiger partial charge >= 0.3 is 0 Å². The molecule has 1 fully saturated rings. The molecule has 1 amide bonds. The first-order valence-corrected chi connectivity index (χ1v) is 7.15. The zero-order chi connectivity index (χ0) is 14.2. The lowest BCUT2D eigenvalue weighted by molar-refractivity contribution is -0.123. The van der Waals surface area contributed by atoms with E-state index in [0.717, 1.165) is 31.7 Å². The van der Waals surface area contributed by atoms with Gasteiger partial charge in [0.15, 0.2) is 0 Å². The molecule has 1 aliphatic rings. The summed E-state index contributed by atoms with van der Waals surface area (Å²) in [5, 5.41) is 15.6. The number of benzene rings is 1. The van der Waals surface area contributed by atoms with Gasteiger partial charge in [-0.1, -0.05) is 30.3 Å². The van der Waals surface area contributed by atoms with Gasteiger partial charge in [-0.15, -0.1) is 0 Å². The fourth-order valence-corrected chi connectivity index (χ4v) is 2.41. The van der Waals surface area contributed by atoms with E-state index in [-0.39, 0.29) is 18.6 Å². The van der Waals surface area contributed by atoms with E-state index >= 15 is 0 Å². The highest BCUT2D eigenvalue weighted by Gasteiger charge is 2.16. The third-order valence-corrected chi connectivity index (χ3v) is 3.49. The summed E-state index contributed by atoms with van der Waals surface area (Å²) >= 11 is 0. The second kappa shape index (κ2) is 7.99. The SMILES string of the molecule is O=C(CN1CCNCC1)NC(CO)Cc1ccccc1. The topological polar surface area (TPSA) is 64.6 Å². The number of nitrogens with one attached hydrogen (secondary N) is 2. The van der Waals surface area contributed by atoms with Gasteiger partial charge in [-0.3, -0.25) is 9.69 Å². The molecule has 1 atom stereocenters. The number of piperazine rings is 1. The predicted molar refractivity (Wildman–Crippen MR) is 78.5 cm³/mol. The lowest BCUT2D eigenvalue weighted by Crippen LogP contribution is -2.49. The van der Waals surface area contributed by atoms with Gasteiger partial charge in [0, 0.05) is 26.2 Å². The number of aliphatic hydroxyl groups is 1. The van der Waals surface area contributed by atoms with Crippen LogP contribution in [0.4, 0.5) is 0 Å². The van der Waals surface area contributed by atoms with Crippen molar-refractivity contribution in [1.29, 1.82) is 0 Å². The van der Waals surface area contributed by atoms with E-state index < -0.39 is 0 Å². The summed E-state index contributed by atoms with van der Waals surface area (Å²) in [5.74, 6) is -0.0121. The van der Waals surface area contributed by atoms with Crippen molar-refractivity contribution in [3.8, 4) is 0 Å². The third kappa shape index (κ3) is 4.92. The van der Waals surface area contributed by atoms with Gasteiger partial charge in [0.05, 0.1) is 19.2 Å². The number of hydrogen-bond acceptors (Lipinski definition) is 4. The third-order valence-electron chi connectivity index (χ3n) is 3.49. The molecule has 5 heteroatoms. The van der Waals surface area contributed by atoms with Crippen LogP contribution in [0.3, 0.4) is 0 Å². The average molecular weight is 277 g/mol. The van der Waals surface area contributed by atoms with Gasteiger partial charge in [0.2, 0.25) is 5.91 Å². The Hall–Kier alpha value is -1.43. The van der Waals surface area contributed by atoms with Crippen LogP contribution in [0.5, 0.6) is 0 Å². The molecule has 1 unspecified atom stereocenters. The Morgan fingerprint density at radius 1 is 1.30 bits per heavy atom. The monoisotopic (exact) mass is 277 g/mol. The number of nitrogens with zero attached hydrogens (tertiary/aromatic N) is 1. The fraction of sp³-hybridized carbons (Fsp3) is 0.533. The van der Waals surface area contributed by atoms with Gasteiger partial charge in [0.25, 0.3) is 0 Å². The Labute approximate surface area is 120 Å². The van der Waals surface area contributed by atoms with Gasteiger partial charge in [-0.05, 0) is 12.0 Å². The van der Waals surface area contributed by atoms with Crippen LogP contribution >= 0.6 is 0 Å². The Balaban J connectivity index is 1.78. The number of carbonyl (C=O) groups excluding carboxylic acids is 1. The van der Waals surface area contributed by atoms with Crippen LogP contribution in [0.15, 0.2) is 30.3 Å². The zero-order valence-corrected chi connectivity index (χ0v) is 11.7. The van der Waals surface area contributed by atoms with E-state index in [0.29, 0.717) is 13.0 Å². The lowest BCUT2D eigenvalue weighted by atomic mass is 10.1. The summed E-state index contributed by atoms with van der Waals surface area (Å²) in [4.78, 5) is 14.1. The molecule has 0 saturated carbocycles. The van der Waals surface area contributed by atoms with E-state index in [9.17, 15) is 9.90 Å². The van der Waals surface area contributed by atoms with Crippen LogP contribution in [0, 0.1) is 0 Å². The molecule has 0 radical (unpaired) electrons. The Kier molecular flexibility index (Phi) is 5.98. The van der Waals surface area contributed by atoms with Crippen LogP contribution in [-0.2, 0) is 11.2 Å². The van der Waals surface area contributed by atoms with Gasteiger partial charge in [-0.2, -0.15) is 0 Å². The first kappa shape index (κ1) is 15.0.